The summed E-state index contributed by atoms with van der Waals surface area (Å²) in [6, 6.07) is 0. The van der Waals surface area contributed by atoms with Crippen LogP contribution in [0.25, 0.3) is 0 Å². The van der Waals surface area contributed by atoms with E-state index in [1.165, 1.54) is 0 Å². The number of carbonyl (C=O) groups excluding carboxylic acids is 1. The van der Waals surface area contributed by atoms with E-state index in [9.17, 15) is 18.8 Å². The van der Waals surface area contributed by atoms with Gasteiger partial charge in [0.25, 0.3) is 5.91 Å². The summed E-state index contributed by atoms with van der Waals surface area (Å²) in [6.07, 6.45) is -2.67. The van der Waals surface area contributed by atoms with E-state index in [2.05, 4.69) is 11.1 Å². The first-order chi connectivity index (χ1) is 7.50. The summed E-state index contributed by atoms with van der Waals surface area (Å²) in [4.78, 5) is 16.5. The minimum atomic E-state index is -2.98. The molecule has 0 bridgehead atoms. The molecule has 0 aromatic rings. The lowest BCUT2D eigenvalue weighted by molar-refractivity contribution is -0.572. The molecule has 1 saturated heterocycles. The average molecular weight is 238 g/mol. The van der Waals surface area contributed by atoms with Crippen LogP contribution in [0.5, 0.6) is 0 Å². The second-order valence-electron chi connectivity index (χ2n) is 3.31. The molecular weight excluding hydrogens is 226 g/mol. The summed E-state index contributed by atoms with van der Waals surface area (Å²) in [6.45, 7) is 0.319. The summed E-state index contributed by atoms with van der Waals surface area (Å²) in [5.41, 5.74) is 0. The van der Waals surface area contributed by atoms with Gasteiger partial charge in [0, 0.05) is 25.9 Å². The number of hydrazine groups is 1. The zero-order chi connectivity index (χ0) is 12.1. The van der Waals surface area contributed by atoms with Crippen LogP contribution in [-0.4, -0.2) is 41.4 Å². The van der Waals surface area contributed by atoms with E-state index in [0.717, 1.165) is 4.90 Å². The fourth-order valence-corrected chi connectivity index (χ4v) is 1.43. The molecule has 1 amide bonds. The highest BCUT2D eigenvalue weighted by Crippen LogP contribution is 2.15. The normalized spacial score (nSPS) is 18.9. The second kappa shape index (κ2) is 5.42. The molecule has 0 atom stereocenters. The van der Waals surface area contributed by atoms with E-state index < -0.39 is 12.3 Å². The number of carbonyl (C=O) groups is 1. The minimum absolute atomic E-state index is 0.160. The first-order valence-electron chi connectivity index (χ1n) is 4.66. The smallest absolute Gasteiger partial charge is 0.315 e. The van der Waals surface area contributed by atoms with Crippen molar-refractivity contribution in [3.8, 4) is 0 Å². The summed E-state index contributed by atoms with van der Waals surface area (Å²) >= 11 is 0. The Kier molecular flexibility index (Phi) is 4.20. The predicted molar refractivity (Wildman–Crippen MR) is 46.9 cm³/mol. The van der Waals surface area contributed by atoms with Crippen LogP contribution in [0.2, 0.25) is 0 Å². The average Bonchev–Trinajstić information content (AvgIpc) is 2.26. The number of amides is 1. The van der Waals surface area contributed by atoms with Crippen LogP contribution < -0.4 is 5.84 Å². The third-order valence-electron chi connectivity index (χ3n) is 2.22. The van der Waals surface area contributed by atoms with Crippen molar-refractivity contribution >= 4 is 5.91 Å². The fraction of sp³-hybridized carbons (Fsp3) is 0.857. The number of halogens is 2. The highest BCUT2D eigenvalue weighted by Gasteiger charge is 2.28. The van der Waals surface area contributed by atoms with Crippen molar-refractivity contribution < 1.29 is 23.4 Å². The molecule has 7 nitrogen and oxygen atoms in total. The number of nitrogens with zero attached hydrogens (tertiary/aromatic N) is 3. The number of alkyl halides is 2. The minimum Gasteiger partial charge on any atom is -0.569 e. The maximum Gasteiger partial charge on any atom is 0.315 e. The maximum absolute atomic E-state index is 12.1. The van der Waals surface area contributed by atoms with Crippen LogP contribution in [-0.2, 0) is 9.63 Å². The van der Waals surface area contributed by atoms with Gasteiger partial charge in [0.1, 0.15) is 6.10 Å². The van der Waals surface area contributed by atoms with Gasteiger partial charge in [-0.1, -0.05) is 0 Å². The number of likely N-dealkylation sites (tertiary alicyclic amines) is 1. The zero-order valence-corrected chi connectivity index (χ0v) is 8.38. The molecule has 1 heterocycles. The Labute approximate surface area is 90.0 Å². The van der Waals surface area contributed by atoms with Crippen molar-refractivity contribution in [3.05, 3.63) is 5.21 Å². The maximum atomic E-state index is 12.1. The van der Waals surface area contributed by atoms with Gasteiger partial charge in [0.2, 0.25) is 5.28 Å². The Hall–Kier alpha value is -1.67. The molecule has 1 aliphatic heterocycles. The highest BCUT2D eigenvalue weighted by molar-refractivity contribution is 5.79. The van der Waals surface area contributed by atoms with E-state index in [0.29, 0.717) is 12.8 Å². The monoisotopic (exact) mass is 238 g/mol. The van der Waals surface area contributed by atoms with Crippen molar-refractivity contribution in [1.82, 2.24) is 4.90 Å². The Morgan fingerprint density at radius 3 is 2.56 bits per heavy atom. The number of piperidine rings is 1. The first-order valence-corrected chi connectivity index (χ1v) is 4.66. The lowest BCUT2D eigenvalue weighted by Gasteiger charge is -2.29. The number of nitrogens with two attached hydrogens (primary N) is 1. The topological polar surface area (TPSA) is 94.0 Å². The van der Waals surface area contributed by atoms with Crippen molar-refractivity contribution in [2.45, 2.75) is 25.4 Å². The molecule has 0 saturated carbocycles. The lowest BCUT2D eigenvalue weighted by atomic mass is 10.1. The van der Waals surface area contributed by atoms with E-state index in [4.69, 9.17) is 4.84 Å². The molecule has 0 aromatic carbocycles. The third kappa shape index (κ3) is 3.48. The Morgan fingerprint density at radius 1 is 1.56 bits per heavy atom. The third-order valence-corrected chi connectivity index (χ3v) is 2.22. The summed E-state index contributed by atoms with van der Waals surface area (Å²) in [7, 11) is 0. The molecule has 2 N–H and O–H groups in total. The first kappa shape index (κ1) is 12.4. The number of hydrogen-bond acceptors (Lipinski definition) is 4. The van der Waals surface area contributed by atoms with Gasteiger partial charge in [0.05, 0.1) is 4.97 Å². The van der Waals surface area contributed by atoms with Gasteiger partial charge in [-0.2, -0.15) is 14.6 Å². The molecule has 0 radical (unpaired) electrons. The van der Waals surface area contributed by atoms with Gasteiger partial charge in [-0.25, -0.2) is 0 Å². The Balaban J connectivity index is 2.34. The summed E-state index contributed by atoms with van der Waals surface area (Å²) in [5.74, 6) is 3.47. The molecule has 0 spiro atoms. The summed E-state index contributed by atoms with van der Waals surface area (Å²) in [5, 5.41) is 13.1. The molecule has 9 heteroatoms. The van der Waals surface area contributed by atoms with Crippen LogP contribution in [0.3, 0.4) is 0 Å². The van der Waals surface area contributed by atoms with Gasteiger partial charge < -0.3 is 14.9 Å². The van der Waals surface area contributed by atoms with Crippen LogP contribution in [0.4, 0.5) is 8.78 Å². The van der Waals surface area contributed by atoms with Crippen LogP contribution >= 0.6 is 0 Å². The highest BCUT2D eigenvalue weighted by atomic mass is 19.3. The van der Waals surface area contributed by atoms with Crippen LogP contribution in [0, 0.1) is 5.21 Å². The van der Waals surface area contributed by atoms with Crippen molar-refractivity contribution in [1.29, 1.82) is 0 Å². The van der Waals surface area contributed by atoms with Gasteiger partial charge in [-0.15, -0.1) is 0 Å². The van der Waals surface area contributed by atoms with Gasteiger partial charge in [0.15, 0.2) is 0 Å². The molecule has 0 aliphatic carbocycles. The molecular formula is C7H12F2N4O3. The molecule has 1 rings (SSSR count). The summed E-state index contributed by atoms with van der Waals surface area (Å²) < 4.78 is 24.1. The lowest BCUT2D eigenvalue weighted by Crippen LogP contribution is -2.43. The Bertz CT molecular complexity index is 275. The number of rotatable bonds is 3. The zero-order valence-electron chi connectivity index (χ0n) is 8.38. The van der Waals surface area contributed by atoms with Crippen LogP contribution in [0.15, 0.2) is 5.28 Å². The molecule has 92 valence electrons. The van der Waals surface area contributed by atoms with Crippen LogP contribution in [0.1, 0.15) is 12.8 Å². The van der Waals surface area contributed by atoms with Gasteiger partial charge in [-0.05, 0) is 0 Å². The fourth-order valence-electron chi connectivity index (χ4n) is 1.43. The molecule has 0 aromatic heterocycles. The van der Waals surface area contributed by atoms with Gasteiger partial charge in [-0.3, -0.25) is 4.79 Å². The quantitative estimate of drug-likeness (QED) is 0.324. The second-order valence-corrected chi connectivity index (χ2v) is 3.31. The molecule has 1 aliphatic rings. The molecule has 0 unspecified atom stereocenters. The van der Waals surface area contributed by atoms with E-state index >= 15 is 0 Å². The van der Waals surface area contributed by atoms with Crippen molar-refractivity contribution in [2.75, 3.05) is 13.1 Å². The van der Waals surface area contributed by atoms with Crippen molar-refractivity contribution in [2.24, 2.45) is 11.1 Å². The largest absolute Gasteiger partial charge is 0.569 e. The van der Waals surface area contributed by atoms with E-state index in [-0.39, 0.29) is 24.2 Å². The van der Waals surface area contributed by atoms with E-state index in [1.807, 2.05) is 0 Å². The van der Waals surface area contributed by atoms with Gasteiger partial charge >= 0.3 is 6.43 Å². The predicted octanol–water partition coefficient (Wildman–Crippen LogP) is 0.0103. The Morgan fingerprint density at radius 2 is 2.12 bits per heavy atom. The molecule has 1 fully saturated rings. The SMILES string of the molecule is N/[N+]([O-])=N/OC1CCN(C(=O)C(F)F)CC1. The standard InChI is InChI=1S/C7H12F2N4O3/c8-6(9)7(14)12-3-1-5(2-4-12)16-11-13(10)15/h5-6H,1-4H2,(H2,10,11). The van der Waals surface area contributed by atoms with E-state index in [1.54, 1.807) is 0 Å². The van der Waals surface area contributed by atoms with Crippen molar-refractivity contribution in [3.63, 3.8) is 0 Å². The number of hydrogen-bond donors (Lipinski definition) is 1. The molecule has 16 heavy (non-hydrogen) atoms.